The van der Waals surface area contributed by atoms with Crippen LogP contribution in [-0.2, 0) is 22.0 Å². The molecule has 1 saturated heterocycles. The normalized spacial score (nSPS) is 16.4. The minimum atomic E-state index is -4.58. The van der Waals surface area contributed by atoms with E-state index in [0.717, 1.165) is 6.07 Å². The number of halogens is 3. The average Bonchev–Trinajstić information content (AvgIpc) is 2.50. The van der Waals surface area contributed by atoms with Crippen LogP contribution in [0.5, 0.6) is 5.88 Å². The van der Waals surface area contributed by atoms with Crippen LogP contribution in [0, 0.1) is 0 Å². The quantitative estimate of drug-likeness (QED) is 0.810. The van der Waals surface area contributed by atoms with E-state index in [1.807, 2.05) is 0 Å². The second-order valence-electron chi connectivity index (χ2n) is 5.65. The standard InChI is InChI=1S/C16H15F3N2O3S/c17-16(18,19)14-7-4-8-20-15(14)24-13-9-21(10-13)25(22,23)11-12-5-2-1-3-6-12/h1-8,13H,9-11H2. The fourth-order valence-electron chi connectivity index (χ4n) is 2.44. The molecule has 1 aromatic carbocycles. The maximum absolute atomic E-state index is 12.9. The van der Waals surface area contributed by atoms with Crippen LogP contribution in [0.1, 0.15) is 11.1 Å². The molecule has 0 N–H and O–H groups in total. The summed E-state index contributed by atoms with van der Waals surface area (Å²) in [7, 11) is -3.53. The summed E-state index contributed by atoms with van der Waals surface area (Å²) in [6.07, 6.45) is -4.03. The molecule has 1 aliphatic heterocycles. The minimum Gasteiger partial charge on any atom is -0.471 e. The van der Waals surface area contributed by atoms with E-state index in [9.17, 15) is 21.6 Å². The first kappa shape index (κ1) is 17.7. The summed E-state index contributed by atoms with van der Waals surface area (Å²) in [6, 6.07) is 10.7. The molecule has 0 unspecified atom stereocenters. The molecule has 1 aromatic heterocycles. The number of hydrogen-bond acceptors (Lipinski definition) is 4. The van der Waals surface area contributed by atoms with E-state index < -0.39 is 33.7 Å². The first-order chi connectivity index (χ1) is 11.8. The van der Waals surface area contributed by atoms with Gasteiger partial charge in [-0.15, -0.1) is 0 Å². The highest BCUT2D eigenvalue weighted by Crippen LogP contribution is 2.35. The highest BCUT2D eigenvalue weighted by atomic mass is 32.2. The maximum atomic E-state index is 12.9. The van der Waals surface area contributed by atoms with Gasteiger partial charge in [-0.25, -0.2) is 13.4 Å². The zero-order chi connectivity index (χ0) is 18.1. The summed E-state index contributed by atoms with van der Waals surface area (Å²) < 4.78 is 69.7. The van der Waals surface area contributed by atoms with Gasteiger partial charge in [0.1, 0.15) is 11.7 Å². The summed E-state index contributed by atoms with van der Waals surface area (Å²) in [5.74, 6) is -0.682. The summed E-state index contributed by atoms with van der Waals surface area (Å²) >= 11 is 0. The number of aromatic nitrogens is 1. The van der Waals surface area contributed by atoms with Crippen LogP contribution in [0.3, 0.4) is 0 Å². The van der Waals surface area contributed by atoms with Crippen molar-refractivity contribution < 1.29 is 26.3 Å². The molecule has 5 nitrogen and oxygen atoms in total. The zero-order valence-corrected chi connectivity index (χ0v) is 13.8. The Kier molecular flexibility index (Phi) is 4.70. The van der Waals surface area contributed by atoms with E-state index in [1.54, 1.807) is 30.3 Å². The lowest BCUT2D eigenvalue weighted by molar-refractivity contribution is -0.140. The van der Waals surface area contributed by atoms with Gasteiger partial charge in [-0.2, -0.15) is 17.5 Å². The van der Waals surface area contributed by atoms with Crippen LogP contribution in [0.4, 0.5) is 13.2 Å². The molecule has 0 amide bonds. The summed E-state index contributed by atoms with van der Waals surface area (Å²) in [5, 5.41) is 0. The molecule has 0 atom stereocenters. The lowest BCUT2D eigenvalue weighted by atomic mass is 10.2. The Labute approximate surface area is 143 Å². The van der Waals surface area contributed by atoms with Crippen LogP contribution in [0.15, 0.2) is 48.7 Å². The van der Waals surface area contributed by atoms with Crippen molar-refractivity contribution in [2.45, 2.75) is 18.0 Å². The lowest BCUT2D eigenvalue weighted by Crippen LogP contribution is -2.56. The maximum Gasteiger partial charge on any atom is 0.421 e. The fourth-order valence-corrected chi connectivity index (χ4v) is 4.02. The summed E-state index contributed by atoms with van der Waals surface area (Å²) in [4.78, 5) is 3.61. The SMILES string of the molecule is O=S(=O)(Cc1ccccc1)N1CC(Oc2ncccc2C(F)(F)F)C1. The summed E-state index contributed by atoms with van der Waals surface area (Å²) in [6.45, 7) is 0.00603. The second-order valence-corrected chi connectivity index (χ2v) is 7.62. The smallest absolute Gasteiger partial charge is 0.421 e. The molecule has 0 spiro atoms. The number of benzene rings is 1. The molecule has 0 aliphatic carbocycles. The second kappa shape index (κ2) is 6.64. The topological polar surface area (TPSA) is 59.5 Å². The van der Waals surface area contributed by atoms with Crippen LogP contribution in [0.25, 0.3) is 0 Å². The number of rotatable bonds is 5. The van der Waals surface area contributed by atoms with Gasteiger partial charge in [-0.1, -0.05) is 30.3 Å². The molecule has 0 radical (unpaired) electrons. The Morgan fingerprint density at radius 1 is 1.12 bits per heavy atom. The van der Waals surface area contributed by atoms with Crippen molar-refractivity contribution >= 4 is 10.0 Å². The van der Waals surface area contributed by atoms with Crippen LogP contribution in [-0.4, -0.2) is 36.9 Å². The Bertz CT molecular complexity index is 835. The van der Waals surface area contributed by atoms with Crippen molar-refractivity contribution in [2.75, 3.05) is 13.1 Å². The monoisotopic (exact) mass is 372 g/mol. The molecular weight excluding hydrogens is 357 g/mol. The van der Waals surface area contributed by atoms with Crippen molar-refractivity contribution in [1.29, 1.82) is 0 Å². The van der Waals surface area contributed by atoms with Gasteiger partial charge in [0.05, 0.1) is 18.8 Å². The van der Waals surface area contributed by atoms with E-state index in [0.29, 0.717) is 5.56 Å². The number of hydrogen-bond donors (Lipinski definition) is 0. The van der Waals surface area contributed by atoms with Crippen LogP contribution in [0.2, 0.25) is 0 Å². The predicted octanol–water partition coefficient (Wildman–Crippen LogP) is 2.69. The Morgan fingerprint density at radius 3 is 2.44 bits per heavy atom. The molecule has 134 valence electrons. The van der Waals surface area contributed by atoms with E-state index in [4.69, 9.17) is 4.74 Å². The van der Waals surface area contributed by atoms with Crippen molar-refractivity contribution in [3.05, 3.63) is 59.8 Å². The Balaban J connectivity index is 1.62. The Hall–Kier alpha value is -2.13. The van der Waals surface area contributed by atoms with E-state index in [-0.39, 0.29) is 18.8 Å². The number of sulfonamides is 1. The molecule has 9 heteroatoms. The number of ether oxygens (including phenoxy) is 1. The minimum absolute atomic E-state index is 0.00301. The van der Waals surface area contributed by atoms with E-state index in [1.165, 1.54) is 16.6 Å². The van der Waals surface area contributed by atoms with Crippen molar-refractivity contribution in [3.8, 4) is 5.88 Å². The highest BCUT2D eigenvalue weighted by Gasteiger charge is 2.40. The molecule has 1 aliphatic rings. The largest absolute Gasteiger partial charge is 0.471 e. The average molecular weight is 372 g/mol. The van der Waals surface area contributed by atoms with Gasteiger partial charge in [0, 0.05) is 6.20 Å². The van der Waals surface area contributed by atoms with Crippen molar-refractivity contribution in [2.24, 2.45) is 0 Å². The highest BCUT2D eigenvalue weighted by molar-refractivity contribution is 7.88. The van der Waals surface area contributed by atoms with Crippen molar-refractivity contribution in [1.82, 2.24) is 9.29 Å². The van der Waals surface area contributed by atoms with Crippen LogP contribution < -0.4 is 4.74 Å². The molecule has 0 saturated carbocycles. The van der Waals surface area contributed by atoms with Gasteiger partial charge in [0.2, 0.25) is 15.9 Å². The molecule has 0 bridgehead atoms. The third kappa shape index (κ3) is 4.10. The molecule has 2 heterocycles. The van der Waals surface area contributed by atoms with Gasteiger partial charge >= 0.3 is 6.18 Å². The molecule has 25 heavy (non-hydrogen) atoms. The number of nitrogens with zero attached hydrogens (tertiary/aromatic N) is 2. The molecule has 3 rings (SSSR count). The number of pyridine rings is 1. The first-order valence-corrected chi connectivity index (χ1v) is 9.07. The zero-order valence-electron chi connectivity index (χ0n) is 13.0. The third-order valence-corrected chi connectivity index (χ3v) is 5.54. The van der Waals surface area contributed by atoms with Crippen LogP contribution >= 0.6 is 0 Å². The third-order valence-electron chi connectivity index (χ3n) is 3.75. The fraction of sp³-hybridized carbons (Fsp3) is 0.312. The molecule has 1 fully saturated rings. The van der Waals surface area contributed by atoms with E-state index in [2.05, 4.69) is 4.98 Å². The summed E-state index contributed by atoms with van der Waals surface area (Å²) in [5.41, 5.74) is -0.323. The Morgan fingerprint density at radius 2 is 1.80 bits per heavy atom. The van der Waals surface area contributed by atoms with Gasteiger partial charge in [0.25, 0.3) is 0 Å². The van der Waals surface area contributed by atoms with Gasteiger partial charge < -0.3 is 4.74 Å². The van der Waals surface area contributed by atoms with Gasteiger partial charge in [-0.3, -0.25) is 0 Å². The first-order valence-electron chi connectivity index (χ1n) is 7.46. The van der Waals surface area contributed by atoms with E-state index >= 15 is 0 Å². The number of alkyl halides is 3. The van der Waals surface area contributed by atoms with Crippen molar-refractivity contribution in [3.63, 3.8) is 0 Å². The lowest BCUT2D eigenvalue weighted by Gasteiger charge is -2.37. The molecule has 2 aromatic rings. The van der Waals surface area contributed by atoms with Gasteiger partial charge in [-0.05, 0) is 17.7 Å². The van der Waals surface area contributed by atoms with Gasteiger partial charge in [0.15, 0.2) is 0 Å². The molecular formula is C16H15F3N2O3S. The predicted molar refractivity (Wildman–Crippen MR) is 84.3 cm³/mol.